The summed E-state index contributed by atoms with van der Waals surface area (Å²) < 4.78 is 17.0. The number of aromatic nitrogens is 4. The van der Waals surface area contributed by atoms with Crippen molar-refractivity contribution in [3.8, 4) is 28.2 Å². The maximum atomic E-state index is 13.6. The van der Waals surface area contributed by atoms with Gasteiger partial charge in [0.2, 0.25) is 0 Å². The fraction of sp³-hybridized carbons (Fsp3) is 0.240. The number of anilines is 1. The Morgan fingerprint density at radius 1 is 1.00 bits per heavy atom. The van der Waals surface area contributed by atoms with Gasteiger partial charge in [-0.25, -0.2) is 9.07 Å². The largest absolute Gasteiger partial charge is 0.369 e. The van der Waals surface area contributed by atoms with Crippen molar-refractivity contribution >= 4 is 5.82 Å². The average molecular weight is 427 g/mol. The third-order valence-electron chi connectivity index (χ3n) is 6.54. The summed E-state index contributed by atoms with van der Waals surface area (Å²) in [5.74, 6) is 0.602. The second-order valence-electron chi connectivity index (χ2n) is 8.85. The second-order valence-corrected chi connectivity index (χ2v) is 8.85. The van der Waals surface area contributed by atoms with Gasteiger partial charge in [0.15, 0.2) is 0 Å². The van der Waals surface area contributed by atoms with Crippen LogP contribution in [-0.2, 0) is 6.54 Å². The van der Waals surface area contributed by atoms with Crippen LogP contribution >= 0.6 is 0 Å². The van der Waals surface area contributed by atoms with E-state index in [4.69, 9.17) is 10.2 Å². The Bertz CT molecular complexity index is 1400. The van der Waals surface area contributed by atoms with Gasteiger partial charge >= 0.3 is 0 Å². The minimum atomic E-state index is -0.291. The van der Waals surface area contributed by atoms with Crippen molar-refractivity contribution < 1.29 is 4.39 Å². The van der Waals surface area contributed by atoms with Gasteiger partial charge in [0.1, 0.15) is 17.3 Å². The number of hydrogen-bond donors (Lipinski definition) is 1. The first kappa shape index (κ1) is 19.0. The van der Waals surface area contributed by atoms with E-state index in [1.54, 1.807) is 24.3 Å². The average Bonchev–Trinajstić information content (AvgIpc) is 3.44. The van der Waals surface area contributed by atoms with Gasteiger partial charge in [0.05, 0.1) is 23.5 Å². The lowest BCUT2D eigenvalue weighted by atomic mass is 10.0. The molecule has 1 spiro atoms. The SMILES string of the molecule is Cc1ccccc1-n1nc(-c2c(-c3ccc(F)cc3)nn3c2NCC2(CC2)C3)ccc1=O. The third-order valence-corrected chi connectivity index (χ3v) is 6.54. The molecule has 7 heteroatoms. The summed E-state index contributed by atoms with van der Waals surface area (Å²) >= 11 is 0. The van der Waals surface area contributed by atoms with Gasteiger partial charge in [-0.2, -0.15) is 14.9 Å². The number of hydrogen-bond acceptors (Lipinski definition) is 4. The third kappa shape index (κ3) is 3.04. The molecule has 0 radical (unpaired) electrons. The molecule has 0 bridgehead atoms. The first-order valence-electron chi connectivity index (χ1n) is 10.8. The fourth-order valence-corrected chi connectivity index (χ4v) is 4.48. The number of nitrogens with zero attached hydrogens (tertiary/aromatic N) is 4. The molecule has 3 heterocycles. The molecular formula is C25H22FN5O. The summed E-state index contributed by atoms with van der Waals surface area (Å²) in [5, 5.41) is 13.2. The van der Waals surface area contributed by atoms with Gasteiger partial charge in [0.25, 0.3) is 5.56 Å². The van der Waals surface area contributed by atoms with Gasteiger partial charge in [0, 0.05) is 23.6 Å². The molecule has 1 saturated carbocycles. The van der Waals surface area contributed by atoms with E-state index in [9.17, 15) is 9.18 Å². The zero-order chi connectivity index (χ0) is 21.9. The van der Waals surface area contributed by atoms with Crippen molar-refractivity contribution in [2.75, 3.05) is 11.9 Å². The van der Waals surface area contributed by atoms with E-state index in [1.807, 2.05) is 35.9 Å². The molecule has 1 aliphatic heterocycles. The highest BCUT2D eigenvalue weighted by atomic mass is 19.1. The van der Waals surface area contributed by atoms with Crippen LogP contribution in [-0.4, -0.2) is 26.1 Å². The van der Waals surface area contributed by atoms with Crippen LogP contribution in [0.25, 0.3) is 28.2 Å². The number of rotatable bonds is 3. The van der Waals surface area contributed by atoms with Crippen molar-refractivity contribution in [3.05, 3.63) is 82.4 Å². The zero-order valence-corrected chi connectivity index (χ0v) is 17.7. The first-order chi connectivity index (χ1) is 15.5. The summed E-state index contributed by atoms with van der Waals surface area (Å²) in [5.41, 5.74) is 4.80. The monoisotopic (exact) mass is 427 g/mol. The van der Waals surface area contributed by atoms with Crippen LogP contribution in [0.5, 0.6) is 0 Å². The lowest BCUT2D eigenvalue weighted by Gasteiger charge is -2.25. The molecule has 1 aliphatic carbocycles. The van der Waals surface area contributed by atoms with E-state index in [0.717, 1.165) is 47.0 Å². The van der Waals surface area contributed by atoms with Crippen molar-refractivity contribution in [2.24, 2.45) is 5.41 Å². The zero-order valence-electron chi connectivity index (χ0n) is 17.7. The number of aryl methyl sites for hydroxylation is 1. The molecule has 2 aromatic heterocycles. The molecule has 1 fully saturated rings. The van der Waals surface area contributed by atoms with E-state index in [-0.39, 0.29) is 16.8 Å². The lowest BCUT2D eigenvalue weighted by molar-refractivity contribution is 0.396. The molecule has 6 rings (SSSR count). The number of fused-ring (bicyclic) bond motifs is 1. The van der Waals surface area contributed by atoms with Crippen LogP contribution in [0.4, 0.5) is 10.2 Å². The Morgan fingerprint density at radius 2 is 1.78 bits per heavy atom. The Balaban J connectivity index is 1.56. The van der Waals surface area contributed by atoms with Crippen LogP contribution < -0.4 is 10.9 Å². The normalized spacial score (nSPS) is 15.9. The standard InChI is InChI=1S/C25H22FN5O/c1-16-4-2-3-5-20(16)31-21(32)11-10-19(28-31)22-23(17-6-8-18(26)9-7-17)29-30-15-25(12-13-25)14-27-24(22)30/h2-11,27H,12-15H2,1H3. The van der Waals surface area contributed by atoms with E-state index in [1.165, 1.54) is 29.7 Å². The molecule has 160 valence electrons. The summed E-state index contributed by atoms with van der Waals surface area (Å²) in [4.78, 5) is 12.7. The molecule has 0 saturated heterocycles. The number of para-hydroxylation sites is 1. The van der Waals surface area contributed by atoms with E-state index >= 15 is 0 Å². The maximum absolute atomic E-state index is 13.6. The molecule has 32 heavy (non-hydrogen) atoms. The summed E-state index contributed by atoms with van der Waals surface area (Å²) in [6, 6.07) is 17.3. The molecule has 1 N–H and O–H groups in total. The summed E-state index contributed by atoms with van der Waals surface area (Å²) in [7, 11) is 0. The predicted octanol–water partition coefficient (Wildman–Crippen LogP) is 4.42. The van der Waals surface area contributed by atoms with Crippen molar-refractivity contribution in [1.82, 2.24) is 19.6 Å². The minimum Gasteiger partial charge on any atom is -0.369 e. The van der Waals surface area contributed by atoms with Crippen molar-refractivity contribution in [3.63, 3.8) is 0 Å². The molecule has 2 aromatic carbocycles. The lowest BCUT2D eigenvalue weighted by Crippen LogP contribution is -2.29. The Kier molecular flexibility index (Phi) is 4.08. The highest BCUT2D eigenvalue weighted by Crippen LogP contribution is 2.51. The van der Waals surface area contributed by atoms with Crippen molar-refractivity contribution in [1.29, 1.82) is 0 Å². The fourth-order valence-electron chi connectivity index (χ4n) is 4.48. The minimum absolute atomic E-state index is 0.197. The molecular weight excluding hydrogens is 405 g/mol. The smallest absolute Gasteiger partial charge is 0.271 e. The molecule has 0 amide bonds. The Labute approximate surface area is 184 Å². The highest BCUT2D eigenvalue weighted by Gasteiger charge is 2.46. The molecule has 4 aromatic rings. The van der Waals surface area contributed by atoms with Crippen LogP contribution in [0.1, 0.15) is 18.4 Å². The summed E-state index contributed by atoms with van der Waals surface area (Å²) in [6.45, 7) is 3.70. The van der Waals surface area contributed by atoms with E-state index < -0.39 is 0 Å². The molecule has 0 atom stereocenters. The maximum Gasteiger partial charge on any atom is 0.271 e. The topological polar surface area (TPSA) is 64.7 Å². The van der Waals surface area contributed by atoms with Crippen molar-refractivity contribution in [2.45, 2.75) is 26.3 Å². The van der Waals surface area contributed by atoms with Gasteiger partial charge < -0.3 is 5.32 Å². The Hall–Kier alpha value is -3.74. The number of halogens is 1. The molecule has 0 unspecified atom stereocenters. The Morgan fingerprint density at radius 3 is 2.53 bits per heavy atom. The van der Waals surface area contributed by atoms with Crippen LogP contribution in [0, 0.1) is 18.2 Å². The summed E-state index contributed by atoms with van der Waals surface area (Å²) in [6.07, 6.45) is 2.38. The van der Waals surface area contributed by atoms with E-state index in [0.29, 0.717) is 5.69 Å². The van der Waals surface area contributed by atoms with Gasteiger partial charge in [-0.3, -0.25) is 4.79 Å². The van der Waals surface area contributed by atoms with Gasteiger partial charge in [-0.15, -0.1) is 0 Å². The molecule has 6 nitrogen and oxygen atoms in total. The molecule has 2 aliphatic rings. The van der Waals surface area contributed by atoms with Gasteiger partial charge in [-0.1, -0.05) is 18.2 Å². The number of benzene rings is 2. The van der Waals surface area contributed by atoms with Crippen LogP contribution in [0.3, 0.4) is 0 Å². The number of nitrogens with one attached hydrogen (secondary N) is 1. The van der Waals surface area contributed by atoms with Crippen LogP contribution in [0.15, 0.2) is 65.5 Å². The van der Waals surface area contributed by atoms with Crippen LogP contribution in [0.2, 0.25) is 0 Å². The highest BCUT2D eigenvalue weighted by molar-refractivity contribution is 5.87. The predicted molar refractivity (Wildman–Crippen MR) is 121 cm³/mol. The van der Waals surface area contributed by atoms with E-state index in [2.05, 4.69) is 5.32 Å². The van der Waals surface area contributed by atoms with Gasteiger partial charge in [-0.05, 0) is 61.7 Å². The quantitative estimate of drug-likeness (QED) is 0.526. The first-order valence-corrected chi connectivity index (χ1v) is 10.8. The second kappa shape index (κ2) is 6.88.